The van der Waals surface area contributed by atoms with E-state index in [0.29, 0.717) is 61.4 Å². The number of hydrogen-bond donors (Lipinski definition) is 2. The van der Waals surface area contributed by atoms with Crippen LogP contribution in [0.25, 0.3) is 0 Å². The molecule has 46 heavy (non-hydrogen) atoms. The van der Waals surface area contributed by atoms with E-state index in [2.05, 4.69) is 4.90 Å². The smallest absolute Gasteiger partial charge is 0.306 e. The summed E-state index contributed by atoms with van der Waals surface area (Å²) in [6.07, 6.45) is 0.101. The van der Waals surface area contributed by atoms with Crippen molar-refractivity contribution < 1.29 is 22.7 Å². The van der Waals surface area contributed by atoms with Gasteiger partial charge in [-0.2, -0.15) is 4.31 Å². The van der Waals surface area contributed by atoms with Gasteiger partial charge in [-0.25, -0.2) is 14.3 Å². The van der Waals surface area contributed by atoms with Crippen LogP contribution in [0.15, 0.2) is 59.5 Å². The van der Waals surface area contributed by atoms with E-state index in [4.69, 9.17) is 21.1 Å². The van der Waals surface area contributed by atoms with Gasteiger partial charge in [0.2, 0.25) is 10.0 Å². The number of nitrogens with two attached hydrogens (primary N) is 2. The summed E-state index contributed by atoms with van der Waals surface area (Å²) in [4.78, 5) is 17.8. The number of carbonyl (C=O) groups is 1. The fourth-order valence-electron chi connectivity index (χ4n) is 6.23. The molecule has 0 bridgehead atoms. The number of fused-ring (bicyclic) bond motifs is 1. The summed E-state index contributed by atoms with van der Waals surface area (Å²) in [5.74, 6) is 5.34. The van der Waals surface area contributed by atoms with Crippen LogP contribution in [-0.4, -0.2) is 90.2 Å². The second kappa shape index (κ2) is 14.4. The lowest BCUT2D eigenvalue weighted by atomic mass is 9.84. The molecule has 1 unspecified atom stereocenters. The summed E-state index contributed by atoms with van der Waals surface area (Å²) in [6, 6.07) is 17.0. The van der Waals surface area contributed by atoms with Crippen molar-refractivity contribution in [1.29, 1.82) is 0 Å². The van der Waals surface area contributed by atoms with E-state index in [-0.39, 0.29) is 24.9 Å². The third-order valence-corrected chi connectivity index (χ3v) is 11.0. The van der Waals surface area contributed by atoms with Crippen LogP contribution >= 0.6 is 0 Å². The predicted octanol–water partition coefficient (Wildman–Crippen LogP) is 3.23. The monoisotopic (exact) mass is 650 g/mol. The van der Waals surface area contributed by atoms with Gasteiger partial charge < -0.3 is 25.1 Å². The van der Waals surface area contributed by atoms with Crippen LogP contribution in [0.2, 0.25) is 0 Å². The summed E-state index contributed by atoms with van der Waals surface area (Å²) in [5.41, 5.74) is 12.9. The van der Waals surface area contributed by atoms with Gasteiger partial charge in [0.15, 0.2) is 0 Å². The molecule has 0 saturated carbocycles. The number of anilines is 3. The number of ether oxygens (including phenoxy) is 2. The second-order valence-corrected chi connectivity index (χ2v) is 14.1. The van der Waals surface area contributed by atoms with Gasteiger partial charge in [-0.15, -0.1) is 0 Å². The summed E-state index contributed by atoms with van der Waals surface area (Å²) < 4.78 is 40.4. The first-order valence-electron chi connectivity index (χ1n) is 15.7. The molecule has 0 spiro atoms. The third-order valence-electron chi connectivity index (χ3n) is 9.14. The highest BCUT2D eigenvalue weighted by Crippen LogP contribution is 2.38. The first-order chi connectivity index (χ1) is 22.0. The number of benzene rings is 3. The fraction of sp³-hybridized carbons (Fsp3) is 0.441. The zero-order chi connectivity index (χ0) is 33.0. The van der Waals surface area contributed by atoms with Gasteiger partial charge in [0.25, 0.3) is 0 Å². The molecule has 0 aliphatic carbocycles. The number of likely N-dealkylation sites (N-methyl/N-ethyl adjacent to an activating group) is 1. The van der Waals surface area contributed by atoms with E-state index in [1.807, 2.05) is 68.3 Å². The Kier molecular flexibility index (Phi) is 10.5. The van der Waals surface area contributed by atoms with Crippen LogP contribution in [0.1, 0.15) is 40.2 Å². The number of hydrogen-bond acceptors (Lipinski definition) is 10. The van der Waals surface area contributed by atoms with E-state index in [9.17, 15) is 13.2 Å². The molecule has 0 radical (unpaired) electrons. The highest BCUT2D eigenvalue weighted by atomic mass is 32.2. The van der Waals surface area contributed by atoms with Crippen LogP contribution in [0, 0.1) is 13.8 Å². The summed E-state index contributed by atoms with van der Waals surface area (Å²) >= 11 is 0. The molecule has 248 valence electrons. The minimum atomic E-state index is -3.74. The summed E-state index contributed by atoms with van der Waals surface area (Å²) in [6.45, 7) is 8.99. The minimum Gasteiger partial charge on any atom is -0.464 e. The van der Waals surface area contributed by atoms with Crippen LogP contribution < -0.4 is 21.5 Å². The highest BCUT2D eigenvalue weighted by Gasteiger charge is 2.32. The number of aryl methyl sites for hydroxylation is 1. The summed E-state index contributed by atoms with van der Waals surface area (Å²) in [7, 11) is -0.101. The average Bonchev–Trinajstić information content (AvgIpc) is 3.13. The molecule has 0 aromatic heterocycles. The zero-order valence-electron chi connectivity index (χ0n) is 27.2. The molecule has 2 aliphatic rings. The highest BCUT2D eigenvalue weighted by molar-refractivity contribution is 7.89. The molecule has 5 rings (SSSR count). The molecule has 2 aliphatic heterocycles. The van der Waals surface area contributed by atoms with Gasteiger partial charge >= 0.3 is 5.97 Å². The fourth-order valence-corrected chi connectivity index (χ4v) is 7.87. The van der Waals surface area contributed by atoms with Gasteiger partial charge in [0, 0.05) is 59.3 Å². The van der Waals surface area contributed by atoms with Gasteiger partial charge in [0.1, 0.15) is 11.5 Å². The van der Waals surface area contributed by atoms with Crippen LogP contribution in [0.5, 0.6) is 0 Å². The minimum absolute atomic E-state index is 0.101. The van der Waals surface area contributed by atoms with Gasteiger partial charge in [-0.05, 0) is 59.9 Å². The van der Waals surface area contributed by atoms with E-state index < -0.39 is 10.0 Å². The van der Waals surface area contributed by atoms with E-state index in [0.717, 1.165) is 40.9 Å². The third kappa shape index (κ3) is 7.31. The number of sulfonamides is 1. The number of morpholine rings is 1. The first kappa shape index (κ1) is 33.7. The molecule has 0 amide bonds. The van der Waals surface area contributed by atoms with Crippen molar-refractivity contribution in [1.82, 2.24) is 9.21 Å². The zero-order valence-corrected chi connectivity index (χ0v) is 28.1. The number of carbonyl (C=O) groups excluding carboxylic acids is 1. The Morgan fingerprint density at radius 3 is 2.52 bits per heavy atom. The first-order valence-corrected chi connectivity index (χ1v) is 17.1. The largest absolute Gasteiger partial charge is 0.464 e. The Morgan fingerprint density at radius 2 is 1.78 bits per heavy atom. The Balaban J connectivity index is 1.45. The lowest BCUT2D eigenvalue weighted by Crippen LogP contribution is -2.38. The van der Waals surface area contributed by atoms with Crippen LogP contribution in [0.4, 0.5) is 17.1 Å². The maximum atomic E-state index is 13.9. The number of para-hydroxylation sites is 1. The van der Waals surface area contributed by atoms with Crippen LogP contribution in [-0.2, 0) is 30.8 Å². The van der Waals surface area contributed by atoms with Crippen molar-refractivity contribution in [2.75, 3.05) is 82.3 Å². The van der Waals surface area contributed by atoms with E-state index in [1.165, 1.54) is 5.01 Å². The standard InChI is InChI=1S/C34H46N6O5S/c1-24-9-10-26(21-27(24)23-40-14-13-37(3)30-7-5-6-8-32(30)46(40,42)43)29(28-11-12-31(38(4)36)34(35)25(28)2)22-33(41)45-20-17-39-15-18-44-19-16-39/h5-12,21,29H,13-20,22-23,35-36H2,1-4H3. The summed E-state index contributed by atoms with van der Waals surface area (Å²) in [5, 5.41) is 1.47. The van der Waals surface area contributed by atoms with Crippen LogP contribution in [0.3, 0.4) is 0 Å². The lowest BCUT2D eigenvalue weighted by Gasteiger charge is -2.27. The molecule has 12 heteroatoms. The van der Waals surface area contributed by atoms with Crippen molar-refractivity contribution >= 4 is 33.1 Å². The van der Waals surface area contributed by atoms with Crippen molar-refractivity contribution in [3.05, 3.63) is 82.4 Å². The molecule has 2 heterocycles. The molecule has 1 atom stereocenters. The topological polar surface area (TPSA) is 135 Å². The van der Waals surface area contributed by atoms with Gasteiger partial charge in [0.05, 0.1) is 36.7 Å². The molecule has 1 fully saturated rings. The Hall–Kier alpha value is -3.68. The Labute approximate surface area is 272 Å². The molecular weight excluding hydrogens is 604 g/mol. The Morgan fingerprint density at radius 1 is 1.04 bits per heavy atom. The molecule has 11 nitrogen and oxygen atoms in total. The maximum absolute atomic E-state index is 13.9. The number of nitrogens with zero attached hydrogens (tertiary/aromatic N) is 4. The number of rotatable bonds is 10. The number of nitrogen functional groups attached to an aromatic ring is 1. The average molecular weight is 651 g/mol. The molecule has 4 N–H and O–H groups in total. The molecule has 3 aromatic carbocycles. The second-order valence-electron chi connectivity index (χ2n) is 12.2. The normalized spacial score (nSPS) is 17.6. The number of esters is 1. The molecular formula is C34H46N6O5S. The van der Waals surface area contributed by atoms with E-state index in [1.54, 1.807) is 23.5 Å². The number of hydrazine groups is 1. The van der Waals surface area contributed by atoms with Gasteiger partial charge in [-0.3, -0.25) is 9.69 Å². The van der Waals surface area contributed by atoms with Crippen molar-refractivity contribution in [3.63, 3.8) is 0 Å². The van der Waals surface area contributed by atoms with Gasteiger partial charge in [-0.1, -0.05) is 36.4 Å². The SMILES string of the molecule is Cc1ccc(C(CC(=O)OCCN2CCOCC2)c2ccc(N(C)N)c(N)c2C)cc1CN1CCN(C)c2ccccc2S1(=O)=O. The predicted molar refractivity (Wildman–Crippen MR) is 181 cm³/mol. The van der Waals surface area contributed by atoms with Crippen molar-refractivity contribution in [2.24, 2.45) is 5.84 Å². The van der Waals surface area contributed by atoms with Crippen molar-refractivity contribution in [2.45, 2.75) is 37.6 Å². The lowest BCUT2D eigenvalue weighted by molar-refractivity contribution is -0.144. The maximum Gasteiger partial charge on any atom is 0.306 e. The van der Waals surface area contributed by atoms with E-state index >= 15 is 0 Å². The quantitative estimate of drug-likeness (QED) is 0.146. The molecule has 1 saturated heterocycles. The van der Waals surface area contributed by atoms with Crippen molar-refractivity contribution in [3.8, 4) is 0 Å². The Bertz CT molecular complexity index is 1660. The molecule has 3 aromatic rings.